The highest BCUT2D eigenvalue weighted by Crippen LogP contribution is 2.25. The monoisotopic (exact) mass is 379 g/mol. The summed E-state index contributed by atoms with van der Waals surface area (Å²) < 4.78 is 40.4. The first-order valence-corrected chi connectivity index (χ1v) is 8.79. The van der Waals surface area contributed by atoms with Crippen molar-refractivity contribution >= 4 is 17.4 Å². The summed E-state index contributed by atoms with van der Waals surface area (Å²) in [6.07, 6.45) is 2.47. The van der Waals surface area contributed by atoms with Crippen LogP contribution >= 0.6 is 0 Å². The van der Waals surface area contributed by atoms with Gasteiger partial charge in [0, 0.05) is 17.9 Å². The zero-order valence-electron chi connectivity index (χ0n) is 14.6. The summed E-state index contributed by atoms with van der Waals surface area (Å²) >= 11 is 0. The second kappa shape index (κ2) is 8.28. The molecule has 144 valence electrons. The molecule has 1 aromatic carbocycles. The maximum atomic E-state index is 12.6. The number of amides is 1. The van der Waals surface area contributed by atoms with Gasteiger partial charge < -0.3 is 15.4 Å². The smallest absolute Gasteiger partial charge is 0.406 e. The van der Waals surface area contributed by atoms with Gasteiger partial charge in [0.05, 0.1) is 5.56 Å². The van der Waals surface area contributed by atoms with E-state index in [0.29, 0.717) is 23.1 Å². The summed E-state index contributed by atoms with van der Waals surface area (Å²) in [6.45, 7) is 0. The fraction of sp³-hybridized carbons (Fsp3) is 0.368. The van der Waals surface area contributed by atoms with Crippen LogP contribution in [0.15, 0.2) is 42.6 Å². The van der Waals surface area contributed by atoms with Gasteiger partial charge in [-0.1, -0.05) is 19.3 Å². The van der Waals surface area contributed by atoms with Crippen molar-refractivity contribution in [3.05, 3.63) is 48.2 Å². The van der Waals surface area contributed by atoms with Crippen molar-refractivity contribution in [1.82, 2.24) is 4.98 Å². The average molecular weight is 379 g/mol. The molecule has 8 heteroatoms. The molecule has 5 nitrogen and oxygen atoms in total. The standard InChI is InChI=1S/C19H20F3N3O2/c20-19(21,22)27-15-10-8-14(9-11-15)25-18(26)16-7-4-12-23-17(16)24-13-5-2-1-3-6-13/h4,7-13H,1-3,5-6H2,(H,23,24)(H,25,26). The van der Waals surface area contributed by atoms with Crippen molar-refractivity contribution in [2.45, 2.75) is 44.5 Å². The van der Waals surface area contributed by atoms with Gasteiger partial charge in [-0.3, -0.25) is 4.79 Å². The number of nitrogens with one attached hydrogen (secondary N) is 2. The van der Waals surface area contributed by atoms with Gasteiger partial charge in [0.2, 0.25) is 0 Å². The zero-order valence-corrected chi connectivity index (χ0v) is 14.6. The van der Waals surface area contributed by atoms with Crippen LogP contribution in [0.3, 0.4) is 0 Å². The third-order valence-corrected chi connectivity index (χ3v) is 4.34. The summed E-state index contributed by atoms with van der Waals surface area (Å²) in [7, 11) is 0. The van der Waals surface area contributed by atoms with Crippen LogP contribution in [0, 0.1) is 0 Å². The minimum absolute atomic E-state index is 0.291. The van der Waals surface area contributed by atoms with E-state index in [9.17, 15) is 18.0 Å². The van der Waals surface area contributed by atoms with Crippen LogP contribution in [-0.4, -0.2) is 23.3 Å². The molecule has 1 fully saturated rings. The summed E-state index contributed by atoms with van der Waals surface area (Å²) in [5.74, 6) is -0.216. The van der Waals surface area contributed by atoms with Gasteiger partial charge in [0.1, 0.15) is 11.6 Å². The first kappa shape index (κ1) is 19.0. The summed E-state index contributed by atoms with van der Waals surface area (Å²) in [5.41, 5.74) is 0.751. The Morgan fingerprint density at radius 2 is 1.78 bits per heavy atom. The third kappa shape index (κ3) is 5.60. The Morgan fingerprint density at radius 3 is 2.44 bits per heavy atom. The Balaban J connectivity index is 1.67. The van der Waals surface area contributed by atoms with Crippen molar-refractivity contribution in [3.8, 4) is 5.75 Å². The first-order chi connectivity index (χ1) is 12.9. The third-order valence-electron chi connectivity index (χ3n) is 4.34. The van der Waals surface area contributed by atoms with E-state index in [1.54, 1.807) is 18.3 Å². The number of carbonyl (C=O) groups excluding carboxylic acids is 1. The second-order valence-electron chi connectivity index (χ2n) is 6.41. The lowest BCUT2D eigenvalue weighted by Crippen LogP contribution is -2.25. The van der Waals surface area contributed by atoms with Crippen molar-refractivity contribution in [2.75, 3.05) is 10.6 Å². The van der Waals surface area contributed by atoms with Gasteiger partial charge in [-0.25, -0.2) is 4.98 Å². The molecule has 1 aliphatic carbocycles. The van der Waals surface area contributed by atoms with E-state index in [0.717, 1.165) is 37.8 Å². The first-order valence-electron chi connectivity index (χ1n) is 8.79. The minimum atomic E-state index is -4.75. The van der Waals surface area contributed by atoms with Crippen LogP contribution in [0.5, 0.6) is 5.75 Å². The van der Waals surface area contributed by atoms with Crippen molar-refractivity contribution in [2.24, 2.45) is 0 Å². The topological polar surface area (TPSA) is 63.2 Å². The Hall–Kier alpha value is -2.77. The van der Waals surface area contributed by atoms with E-state index in [4.69, 9.17) is 0 Å². The van der Waals surface area contributed by atoms with Crippen LogP contribution in [0.1, 0.15) is 42.5 Å². The lowest BCUT2D eigenvalue weighted by atomic mass is 9.95. The molecule has 1 amide bonds. The SMILES string of the molecule is O=C(Nc1ccc(OC(F)(F)F)cc1)c1cccnc1NC1CCCCC1. The maximum Gasteiger partial charge on any atom is 0.573 e. The molecule has 1 aromatic heterocycles. The fourth-order valence-corrected chi connectivity index (χ4v) is 3.08. The number of alkyl halides is 3. The van der Waals surface area contributed by atoms with Crippen LogP contribution in [0.25, 0.3) is 0 Å². The molecular formula is C19H20F3N3O2. The minimum Gasteiger partial charge on any atom is -0.406 e. The second-order valence-corrected chi connectivity index (χ2v) is 6.41. The lowest BCUT2D eigenvalue weighted by Gasteiger charge is -2.24. The van der Waals surface area contributed by atoms with Gasteiger partial charge in [-0.05, 0) is 49.2 Å². The number of rotatable bonds is 5. The van der Waals surface area contributed by atoms with Crippen molar-refractivity contribution in [3.63, 3.8) is 0 Å². The predicted molar refractivity (Wildman–Crippen MR) is 95.8 cm³/mol. The molecular weight excluding hydrogens is 359 g/mol. The van der Waals surface area contributed by atoms with E-state index in [1.165, 1.54) is 18.6 Å². The number of anilines is 2. The molecule has 27 heavy (non-hydrogen) atoms. The maximum absolute atomic E-state index is 12.6. The number of hydrogen-bond acceptors (Lipinski definition) is 4. The zero-order chi connectivity index (χ0) is 19.3. The van der Waals surface area contributed by atoms with Crippen molar-refractivity contribution < 1.29 is 22.7 Å². The van der Waals surface area contributed by atoms with E-state index < -0.39 is 6.36 Å². The van der Waals surface area contributed by atoms with Gasteiger partial charge >= 0.3 is 6.36 Å². The molecule has 2 aromatic rings. The van der Waals surface area contributed by atoms with E-state index in [2.05, 4.69) is 20.4 Å². The number of benzene rings is 1. The number of pyridine rings is 1. The molecule has 1 saturated carbocycles. The summed E-state index contributed by atoms with van der Waals surface area (Å²) in [6, 6.07) is 8.61. The number of aromatic nitrogens is 1. The highest BCUT2D eigenvalue weighted by Gasteiger charge is 2.31. The Bertz CT molecular complexity index is 773. The number of ether oxygens (including phenoxy) is 1. The molecule has 1 aliphatic rings. The predicted octanol–water partition coefficient (Wildman–Crippen LogP) is 4.98. The Morgan fingerprint density at radius 1 is 1.07 bits per heavy atom. The molecule has 0 spiro atoms. The number of halogens is 3. The van der Waals surface area contributed by atoms with Crippen LogP contribution in [0.4, 0.5) is 24.7 Å². The van der Waals surface area contributed by atoms with E-state index in [-0.39, 0.29) is 11.7 Å². The van der Waals surface area contributed by atoms with Crippen LogP contribution < -0.4 is 15.4 Å². The molecule has 0 aliphatic heterocycles. The van der Waals surface area contributed by atoms with Crippen LogP contribution in [-0.2, 0) is 0 Å². The number of hydrogen-bond donors (Lipinski definition) is 2. The largest absolute Gasteiger partial charge is 0.573 e. The van der Waals surface area contributed by atoms with Gasteiger partial charge in [0.15, 0.2) is 0 Å². The van der Waals surface area contributed by atoms with E-state index >= 15 is 0 Å². The number of carbonyl (C=O) groups is 1. The van der Waals surface area contributed by atoms with Gasteiger partial charge in [-0.15, -0.1) is 13.2 Å². The average Bonchev–Trinajstić information content (AvgIpc) is 2.63. The molecule has 0 bridgehead atoms. The Kier molecular flexibility index (Phi) is 5.83. The molecule has 0 radical (unpaired) electrons. The Labute approximate surface area is 154 Å². The number of nitrogens with zero attached hydrogens (tertiary/aromatic N) is 1. The fourth-order valence-electron chi connectivity index (χ4n) is 3.08. The normalized spacial score (nSPS) is 15.2. The quantitative estimate of drug-likeness (QED) is 0.769. The lowest BCUT2D eigenvalue weighted by molar-refractivity contribution is -0.274. The van der Waals surface area contributed by atoms with Gasteiger partial charge in [-0.2, -0.15) is 0 Å². The summed E-state index contributed by atoms with van der Waals surface area (Å²) in [4.78, 5) is 16.9. The summed E-state index contributed by atoms with van der Waals surface area (Å²) in [5, 5.41) is 6.00. The van der Waals surface area contributed by atoms with E-state index in [1.807, 2.05) is 0 Å². The van der Waals surface area contributed by atoms with Gasteiger partial charge in [0.25, 0.3) is 5.91 Å². The highest BCUT2D eigenvalue weighted by atomic mass is 19.4. The molecule has 2 N–H and O–H groups in total. The molecule has 1 heterocycles. The van der Waals surface area contributed by atoms with Crippen LogP contribution in [0.2, 0.25) is 0 Å². The van der Waals surface area contributed by atoms with Crippen molar-refractivity contribution in [1.29, 1.82) is 0 Å². The molecule has 0 saturated heterocycles. The molecule has 3 rings (SSSR count). The molecule has 0 atom stereocenters. The molecule has 0 unspecified atom stereocenters. The highest BCUT2D eigenvalue weighted by molar-refractivity contribution is 6.07.